The van der Waals surface area contributed by atoms with Crippen molar-refractivity contribution < 1.29 is 22.4 Å². The number of hydrogen-bond acceptors (Lipinski definition) is 6. The average Bonchev–Trinajstić information content (AvgIpc) is 2.78. The van der Waals surface area contributed by atoms with Gasteiger partial charge in [-0.25, -0.2) is 22.1 Å². The standard InChI is InChI=1S/C26H34FN3O4S/c1-17-12-14-29(15-13-17)26-21(7-6-18(2)28-26)9-11-25(32)19(3)22-8-10-24(23(27)16-22)30(20(4)31)35(5,33)34/h6-8,10,16-17,19H,9,11-15H2,1-5H3. The molecular formula is C26H34FN3O4S. The van der Waals surface area contributed by atoms with Gasteiger partial charge in [0.2, 0.25) is 15.9 Å². The number of nitrogens with zero attached hydrogens (tertiary/aromatic N) is 3. The Bertz CT molecular complexity index is 1210. The fraction of sp³-hybridized carbons (Fsp3) is 0.500. The van der Waals surface area contributed by atoms with E-state index < -0.39 is 27.7 Å². The third-order valence-corrected chi connectivity index (χ3v) is 7.73. The Morgan fingerprint density at radius 3 is 2.43 bits per heavy atom. The summed E-state index contributed by atoms with van der Waals surface area (Å²) < 4.78 is 39.1. The Balaban J connectivity index is 1.74. The molecule has 0 aliphatic carbocycles. The lowest BCUT2D eigenvalue weighted by atomic mass is 9.92. The van der Waals surface area contributed by atoms with Crippen LogP contribution in [0.15, 0.2) is 30.3 Å². The molecule has 0 bridgehead atoms. The first-order valence-electron chi connectivity index (χ1n) is 11.9. The number of aryl methyl sites for hydroxylation is 2. The minimum Gasteiger partial charge on any atom is -0.356 e. The van der Waals surface area contributed by atoms with Gasteiger partial charge in [0.15, 0.2) is 0 Å². The van der Waals surface area contributed by atoms with E-state index in [1.807, 2.05) is 19.1 Å². The van der Waals surface area contributed by atoms with Crippen LogP contribution in [0.2, 0.25) is 0 Å². The molecule has 1 saturated heterocycles. The molecule has 0 radical (unpaired) electrons. The largest absolute Gasteiger partial charge is 0.356 e. The minimum atomic E-state index is -3.98. The second-order valence-corrected chi connectivity index (χ2v) is 11.4. The quantitative estimate of drug-likeness (QED) is 0.531. The summed E-state index contributed by atoms with van der Waals surface area (Å²) in [7, 11) is -3.98. The number of sulfonamides is 1. The maximum absolute atomic E-state index is 14.8. The zero-order chi connectivity index (χ0) is 25.9. The number of ketones is 1. The SMILES string of the molecule is CC(=O)N(c1ccc(C(C)C(=O)CCc2ccc(C)nc2N2CCC(C)CC2)cc1F)S(C)(=O)=O. The first-order valence-corrected chi connectivity index (χ1v) is 13.8. The van der Waals surface area contributed by atoms with Crippen LogP contribution in [0.5, 0.6) is 0 Å². The normalized spacial score (nSPS) is 15.7. The van der Waals surface area contributed by atoms with Crippen LogP contribution in [-0.2, 0) is 26.0 Å². The van der Waals surface area contributed by atoms with Gasteiger partial charge in [0.1, 0.15) is 17.4 Å². The van der Waals surface area contributed by atoms with Crippen LogP contribution >= 0.6 is 0 Å². The Kier molecular flexibility index (Phi) is 8.30. The van der Waals surface area contributed by atoms with Gasteiger partial charge in [-0.05, 0) is 61.4 Å². The van der Waals surface area contributed by atoms with Crippen LogP contribution in [0.25, 0.3) is 0 Å². The number of carbonyl (C=O) groups is 2. The van der Waals surface area contributed by atoms with Crippen molar-refractivity contribution in [3.63, 3.8) is 0 Å². The van der Waals surface area contributed by atoms with Gasteiger partial charge >= 0.3 is 0 Å². The molecule has 2 heterocycles. The molecule has 0 spiro atoms. The number of anilines is 2. The van der Waals surface area contributed by atoms with Crippen LogP contribution in [-0.4, -0.2) is 44.4 Å². The van der Waals surface area contributed by atoms with E-state index in [1.165, 1.54) is 12.1 Å². The van der Waals surface area contributed by atoms with Crippen molar-refractivity contribution in [3.05, 3.63) is 53.0 Å². The topological polar surface area (TPSA) is 87.7 Å². The van der Waals surface area contributed by atoms with Crippen LogP contribution in [0.3, 0.4) is 0 Å². The summed E-state index contributed by atoms with van der Waals surface area (Å²) in [5, 5.41) is 0. The fourth-order valence-electron chi connectivity index (χ4n) is 4.46. The smallest absolute Gasteiger partial charge is 0.238 e. The van der Waals surface area contributed by atoms with Gasteiger partial charge in [-0.1, -0.05) is 26.0 Å². The molecule has 0 N–H and O–H groups in total. The van der Waals surface area contributed by atoms with Gasteiger partial charge in [0, 0.05) is 38.0 Å². The molecule has 0 saturated carbocycles. The Morgan fingerprint density at radius 1 is 1.20 bits per heavy atom. The Labute approximate surface area is 207 Å². The van der Waals surface area contributed by atoms with Gasteiger partial charge in [0.25, 0.3) is 0 Å². The number of halogens is 1. The second-order valence-electron chi connectivity index (χ2n) is 9.55. The molecular weight excluding hydrogens is 469 g/mol. The number of carbonyl (C=O) groups excluding carboxylic acids is 2. The maximum Gasteiger partial charge on any atom is 0.238 e. The van der Waals surface area contributed by atoms with Crippen LogP contribution < -0.4 is 9.21 Å². The van der Waals surface area contributed by atoms with E-state index in [0.29, 0.717) is 22.2 Å². The molecule has 1 unspecified atom stereocenters. The number of benzene rings is 1. The van der Waals surface area contributed by atoms with Crippen molar-refractivity contribution in [1.82, 2.24) is 4.98 Å². The second kappa shape index (κ2) is 10.8. The zero-order valence-electron chi connectivity index (χ0n) is 21.0. The molecule has 2 aromatic rings. The summed E-state index contributed by atoms with van der Waals surface area (Å²) in [6, 6.07) is 7.85. The molecule has 1 amide bonds. The van der Waals surface area contributed by atoms with E-state index in [0.717, 1.165) is 62.3 Å². The maximum atomic E-state index is 14.8. The molecule has 190 valence electrons. The third-order valence-electron chi connectivity index (χ3n) is 6.61. The highest BCUT2D eigenvalue weighted by molar-refractivity contribution is 7.92. The van der Waals surface area contributed by atoms with Crippen LogP contribution in [0.1, 0.15) is 62.8 Å². The molecule has 1 aromatic heterocycles. The van der Waals surface area contributed by atoms with E-state index in [1.54, 1.807) is 6.92 Å². The molecule has 3 rings (SSSR count). The average molecular weight is 504 g/mol. The van der Waals surface area contributed by atoms with Crippen LogP contribution in [0.4, 0.5) is 15.9 Å². The molecule has 1 atom stereocenters. The van der Waals surface area contributed by atoms with Crippen molar-refractivity contribution in [1.29, 1.82) is 0 Å². The monoisotopic (exact) mass is 503 g/mol. The van der Waals surface area contributed by atoms with Crippen molar-refractivity contribution in [2.45, 2.75) is 59.3 Å². The van der Waals surface area contributed by atoms with Crippen molar-refractivity contribution in [2.24, 2.45) is 5.92 Å². The molecule has 1 aliphatic heterocycles. The third kappa shape index (κ3) is 6.45. The highest BCUT2D eigenvalue weighted by Gasteiger charge is 2.26. The van der Waals surface area contributed by atoms with E-state index in [4.69, 9.17) is 4.98 Å². The Morgan fingerprint density at radius 2 is 1.86 bits per heavy atom. The highest BCUT2D eigenvalue weighted by atomic mass is 32.2. The summed E-state index contributed by atoms with van der Waals surface area (Å²) in [5.74, 6) is -0.671. The summed E-state index contributed by atoms with van der Waals surface area (Å²) >= 11 is 0. The number of piperidine rings is 1. The number of rotatable bonds is 8. The number of amides is 1. The first-order chi connectivity index (χ1) is 16.4. The highest BCUT2D eigenvalue weighted by Crippen LogP contribution is 2.29. The molecule has 35 heavy (non-hydrogen) atoms. The summed E-state index contributed by atoms with van der Waals surface area (Å²) in [4.78, 5) is 31.8. The van der Waals surface area contributed by atoms with E-state index in [2.05, 4.69) is 11.8 Å². The zero-order valence-corrected chi connectivity index (χ0v) is 21.9. The lowest BCUT2D eigenvalue weighted by Gasteiger charge is -2.32. The summed E-state index contributed by atoms with van der Waals surface area (Å²) in [6.45, 7) is 8.88. The summed E-state index contributed by atoms with van der Waals surface area (Å²) in [5.41, 5.74) is 2.04. The van der Waals surface area contributed by atoms with E-state index in [-0.39, 0.29) is 17.9 Å². The van der Waals surface area contributed by atoms with Crippen molar-refractivity contribution in [2.75, 3.05) is 28.6 Å². The molecule has 9 heteroatoms. The lowest BCUT2D eigenvalue weighted by Crippen LogP contribution is -2.35. The molecule has 1 aromatic carbocycles. The van der Waals surface area contributed by atoms with E-state index in [9.17, 15) is 22.4 Å². The van der Waals surface area contributed by atoms with Gasteiger partial charge in [-0.2, -0.15) is 0 Å². The molecule has 1 fully saturated rings. The summed E-state index contributed by atoms with van der Waals surface area (Å²) in [6.07, 6.45) is 3.88. The first kappa shape index (κ1) is 26.8. The molecule has 1 aliphatic rings. The van der Waals surface area contributed by atoms with Gasteiger partial charge in [-0.3, -0.25) is 9.59 Å². The van der Waals surface area contributed by atoms with Gasteiger partial charge in [0.05, 0.1) is 11.9 Å². The lowest BCUT2D eigenvalue weighted by molar-refractivity contribution is -0.120. The molecule has 7 nitrogen and oxygen atoms in total. The van der Waals surface area contributed by atoms with E-state index >= 15 is 0 Å². The number of aromatic nitrogens is 1. The van der Waals surface area contributed by atoms with Crippen molar-refractivity contribution in [3.8, 4) is 0 Å². The van der Waals surface area contributed by atoms with Gasteiger partial charge < -0.3 is 4.90 Å². The fourth-order valence-corrected chi connectivity index (χ4v) is 5.43. The number of Topliss-reactive ketones (excluding diaryl/α,β-unsaturated/α-hetero) is 1. The predicted octanol–water partition coefficient (Wildman–Crippen LogP) is 4.38. The van der Waals surface area contributed by atoms with Crippen molar-refractivity contribution >= 4 is 33.2 Å². The predicted molar refractivity (Wildman–Crippen MR) is 136 cm³/mol. The Hall–Kier alpha value is -2.81. The number of hydrogen-bond donors (Lipinski definition) is 0. The van der Waals surface area contributed by atoms with Gasteiger partial charge in [-0.15, -0.1) is 0 Å². The number of pyridine rings is 1. The minimum absolute atomic E-state index is 0.0533. The van der Waals surface area contributed by atoms with Crippen LogP contribution in [0, 0.1) is 18.7 Å².